The van der Waals surface area contributed by atoms with Crippen LogP contribution in [0, 0.1) is 5.41 Å². The molecule has 18 heavy (non-hydrogen) atoms. The number of rotatable bonds is 3. The first-order chi connectivity index (χ1) is 8.50. The van der Waals surface area contributed by atoms with Crippen molar-refractivity contribution in [2.75, 3.05) is 6.54 Å². The number of hydrogen-bond acceptors (Lipinski definition) is 1. The van der Waals surface area contributed by atoms with Crippen molar-refractivity contribution in [2.45, 2.75) is 46.1 Å². The molecule has 1 heterocycles. The van der Waals surface area contributed by atoms with Crippen LogP contribution in [0.2, 0.25) is 0 Å². The summed E-state index contributed by atoms with van der Waals surface area (Å²) in [5.41, 5.74) is 1.13. The second-order valence-electron chi connectivity index (χ2n) is 6.01. The van der Waals surface area contributed by atoms with E-state index in [1.807, 2.05) is 6.07 Å². The minimum Gasteiger partial charge on any atom is -0.339 e. The van der Waals surface area contributed by atoms with E-state index in [0.29, 0.717) is 11.9 Å². The lowest BCUT2D eigenvalue weighted by atomic mass is 9.80. The molecule has 0 aromatic heterocycles. The highest BCUT2D eigenvalue weighted by Gasteiger charge is 2.38. The maximum absolute atomic E-state index is 12.4. The minimum atomic E-state index is -0.177. The Morgan fingerprint density at radius 2 is 1.94 bits per heavy atom. The van der Waals surface area contributed by atoms with Crippen LogP contribution in [0.1, 0.15) is 39.2 Å². The van der Waals surface area contributed by atoms with Gasteiger partial charge < -0.3 is 4.90 Å². The molecule has 0 bridgehead atoms. The normalized spacial score (nSPS) is 23.2. The van der Waals surface area contributed by atoms with Crippen LogP contribution in [-0.2, 0) is 11.2 Å². The van der Waals surface area contributed by atoms with Gasteiger partial charge in [0.2, 0.25) is 5.91 Å². The van der Waals surface area contributed by atoms with Crippen LogP contribution in [0.5, 0.6) is 0 Å². The average molecular weight is 245 g/mol. The van der Waals surface area contributed by atoms with Crippen molar-refractivity contribution in [2.24, 2.45) is 5.41 Å². The third kappa shape index (κ3) is 2.74. The molecule has 1 aromatic rings. The van der Waals surface area contributed by atoms with Gasteiger partial charge in [0.25, 0.3) is 0 Å². The number of nitrogens with zero attached hydrogens (tertiary/aromatic N) is 1. The zero-order chi connectivity index (χ0) is 13.2. The van der Waals surface area contributed by atoms with E-state index in [2.05, 4.69) is 49.9 Å². The molecule has 1 atom stereocenters. The van der Waals surface area contributed by atoms with E-state index in [0.717, 1.165) is 25.8 Å². The lowest BCUT2D eigenvalue weighted by Crippen LogP contribution is -2.51. The lowest BCUT2D eigenvalue weighted by molar-refractivity contribution is -0.147. The van der Waals surface area contributed by atoms with Crippen LogP contribution in [0.15, 0.2) is 30.3 Å². The molecule has 98 valence electrons. The Bertz CT molecular complexity index is 410. The fraction of sp³-hybridized carbons (Fsp3) is 0.562. The smallest absolute Gasteiger partial charge is 0.228 e. The second kappa shape index (κ2) is 5.13. The van der Waals surface area contributed by atoms with Gasteiger partial charge in [-0.2, -0.15) is 0 Å². The maximum Gasteiger partial charge on any atom is 0.228 e. The molecule has 2 rings (SSSR count). The molecule has 0 saturated carbocycles. The number of benzene rings is 1. The van der Waals surface area contributed by atoms with Gasteiger partial charge in [-0.25, -0.2) is 0 Å². The second-order valence-corrected chi connectivity index (χ2v) is 6.01. The van der Waals surface area contributed by atoms with Gasteiger partial charge in [-0.05, 0) is 31.7 Å². The predicted octanol–water partition coefficient (Wildman–Crippen LogP) is 3.27. The molecular weight excluding hydrogens is 222 g/mol. The number of likely N-dealkylation sites (tertiary alicyclic amines) is 1. The summed E-state index contributed by atoms with van der Waals surface area (Å²) in [5, 5.41) is 0. The summed E-state index contributed by atoms with van der Waals surface area (Å²) < 4.78 is 0. The van der Waals surface area contributed by atoms with Gasteiger partial charge in [0.05, 0.1) is 0 Å². The number of piperidine rings is 1. The van der Waals surface area contributed by atoms with Gasteiger partial charge in [0.15, 0.2) is 0 Å². The Morgan fingerprint density at radius 1 is 1.28 bits per heavy atom. The third-order valence-electron chi connectivity index (χ3n) is 4.04. The molecule has 0 radical (unpaired) electrons. The van der Waals surface area contributed by atoms with Crippen LogP contribution in [-0.4, -0.2) is 23.4 Å². The van der Waals surface area contributed by atoms with Crippen molar-refractivity contribution < 1.29 is 4.79 Å². The van der Waals surface area contributed by atoms with E-state index >= 15 is 0 Å². The number of carbonyl (C=O) groups excluding carboxylic acids is 1. The van der Waals surface area contributed by atoms with E-state index in [1.165, 1.54) is 5.56 Å². The van der Waals surface area contributed by atoms with Gasteiger partial charge in [-0.1, -0.05) is 44.2 Å². The highest BCUT2D eigenvalue weighted by molar-refractivity contribution is 5.83. The topological polar surface area (TPSA) is 20.3 Å². The molecule has 1 aromatic carbocycles. The van der Waals surface area contributed by atoms with Crippen LogP contribution in [0.25, 0.3) is 0 Å². The van der Waals surface area contributed by atoms with E-state index in [4.69, 9.17) is 0 Å². The fourth-order valence-corrected chi connectivity index (χ4v) is 2.64. The van der Waals surface area contributed by atoms with Crippen LogP contribution >= 0.6 is 0 Å². The molecule has 1 saturated heterocycles. The predicted molar refractivity (Wildman–Crippen MR) is 74.3 cm³/mol. The largest absolute Gasteiger partial charge is 0.339 e. The summed E-state index contributed by atoms with van der Waals surface area (Å²) in [6.07, 6.45) is 3.08. The number of hydrogen-bond donors (Lipinski definition) is 0. The molecule has 1 fully saturated rings. The molecule has 1 aliphatic heterocycles. The van der Waals surface area contributed by atoms with Crippen LogP contribution in [0.4, 0.5) is 0 Å². The molecule has 0 aliphatic carbocycles. The molecule has 0 spiro atoms. The van der Waals surface area contributed by atoms with Gasteiger partial charge in [0, 0.05) is 18.0 Å². The SMILES string of the molecule is CC1CCC(C)(C)C(=O)N1CCc1ccccc1. The minimum absolute atomic E-state index is 0.177. The molecule has 1 amide bonds. The molecule has 0 N–H and O–H groups in total. The highest BCUT2D eigenvalue weighted by Crippen LogP contribution is 2.33. The van der Waals surface area contributed by atoms with Crippen molar-refractivity contribution >= 4 is 5.91 Å². The van der Waals surface area contributed by atoms with E-state index in [9.17, 15) is 4.79 Å². The first kappa shape index (κ1) is 13.1. The van der Waals surface area contributed by atoms with Gasteiger partial charge in [0.1, 0.15) is 0 Å². The molecule has 1 aliphatic rings. The summed E-state index contributed by atoms with van der Waals surface area (Å²) >= 11 is 0. The monoisotopic (exact) mass is 245 g/mol. The molecular formula is C16H23NO. The van der Waals surface area contributed by atoms with E-state index < -0.39 is 0 Å². The summed E-state index contributed by atoms with van der Waals surface area (Å²) in [6, 6.07) is 10.8. The lowest BCUT2D eigenvalue weighted by Gasteiger charge is -2.41. The molecule has 1 unspecified atom stereocenters. The molecule has 2 heteroatoms. The fourth-order valence-electron chi connectivity index (χ4n) is 2.64. The zero-order valence-electron chi connectivity index (χ0n) is 11.6. The summed E-state index contributed by atoms with van der Waals surface area (Å²) in [7, 11) is 0. The Balaban J connectivity index is 2.01. The summed E-state index contributed by atoms with van der Waals surface area (Å²) in [6.45, 7) is 7.14. The average Bonchev–Trinajstić information content (AvgIpc) is 2.36. The van der Waals surface area contributed by atoms with Crippen molar-refractivity contribution in [3.8, 4) is 0 Å². The number of carbonyl (C=O) groups is 1. The zero-order valence-corrected chi connectivity index (χ0v) is 11.6. The Morgan fingerprint density at radius 3 is 2.61 bits per heavy atom. The third-order valence-corrected chi connectivity index (χ3v) is 4.04. The van der Waals surface area contributed by atoms with Crippen LogP contribution in [0.3, 0.4) is 0 Å². The van der Waals surface area contributed by atoms with Gasteiger partial charge >= 0.3 is 0 Å². The Kier molecular flexibility index (Phi) is 3.74. The molecule has 2 nitrogen and oxygen atoms in total. The van der Waals surface area contributed by atoms with E-state index in [-0.39, 0.29) is 5.41 Å². The van der Waals surface area contributed by atoms with Gasteiger partial charge in [-0.15, -0.1) is 0 Å². The van der Waals surface area contributed by atoms with Crippen molar-refractivity contribution in [1.82, 2.24) is 4.90 Å². The summed E-state index contributed by atoms with van der Waals surface area (Å²) in [5.74, 6) is 0.317. The summed E-state index contributed by atoms with van der Waals surface area (Å²) in [4.78, 5) is 14.5. The maximum atomic E-state index is 12.4. The first-order valence-corrected chi connectivity index (χ1v) is 6.86. The quantitative estimate of drug-likeness (QED) is 0.800. The van der Waals surface area contributed by atoms with Gasteiger partial charge in [-0.3, -0.25) is 4.79 Å². The van der Waals surface area contributed by atoms with Crippen LogP contribution < -0.4 is 0 Å². The van der Waals surface area contributed by atoms with E-state index in [1.54, 1.807) is 0 Å². The van der Waals surface area contributed by atoms with Crippen molar-refractivity contribution in [3.05, 3.63) is 35.9 Å². The Hall–Kier alpha value is -1.31. The highest BCUT2D eigenvalue weighted by atomic mass is 16.2. The number of amides is 1. The first-order valence-electron chi connectivity index (χ1n) is 6.86. The standard InChI is InChI=1S/C16H23NO/c1-13-9-11-16(2,3)15(18)17(13)12-10-14-7-5-4-6-8-14/h4-8,13H,9-12H2,1-3H3. The van der Waals surface area contributed by atoms with Crippen molar-refractivity contribution in [3.63, 3.8) is 0 Å². The van der Waals surface area contributed by atoms with Crippen molar-refractivity contribution in [1.29, 1.82) is 0 Å². The Labute approximate surface area is 110 Å².